The maximum Gasteiger partial charge on any atom is 0.407 e. The average Bonchev–Trinajstić information content (AvgIpc) is 4.01. The summed E-state index contributed by atoms with van der Waals surface area (Å²) in [7, 11) is 2.53. The predicted octanol–water partition coefficient (Wildman–Crippen LogP) is 5.75. The van der Waals surface area contributed by atoms with Crippen molar-refractivity contribution in [3.8, 4) is 22.5 Å². The highest BCUT2D eigenvalue weighted by atomic mass is 16.5. The molecule has 4 aromatic rings. The predicted molar refractivity (Wildman–Crippen MR) is 211 cm³/mol. The van der Waals surface area contributed by atoms with Crippen molar-refractivity contribution in [2.75, 3.05) is 32.6 Å². The van der Waals surface area contributed by atoms with Gasteiger partial charge in [-0.15, -0.1) is 0 Å². The molecule has 2 aliphatic rings. The Labute approximate surface area is 326 Å². The molecule has 56 heavy (non-hydrogen) atoms. The molecule has 2 aromatic carbocycles. The summed E-state index contributed by atoms with van der Waals surface area (Å²) in [4.78, 5) is 79.7. The maximum atomic E-state index is 13.7. The van der Waals surface area contributed by atoms with Crippen LogP contribution in [-0.4, -0.2) is 100 Å². The number of aromatic nitrogens is 3. The SMILES string of the molecule is COC(=O)N[C@H](C(=O)N1CCC[C@H]1C(=O)Nc1ccc2[nH]c(-c3ccc(-c4c[nH]c([C@]5(C)CCCN5C(=O)[C@@H](NC(=O)OC)C(C)C)n4)cc3)cc2c1)C(C)C. The molecule has 0 radical (unpaired) electrons. The molecule has 15 heteroatoms. The van der Waals surface area contributed by atoms with E-state index < -0.39 is 35.9 Å². The molecule has 4 atom stereocenters. The van der Waals surface area contributed by atoms with E-state index in [1.165, 1.54) is 14.2 Å². The highest BCUT2D eigenvalue weighted by Gasteiger charge is 2.46. The van der Waals surface area contributed by atoms with E-state index in [2.05, 4.69) is 25.9 Å². The van der Waals surface area contributed by atoms with Crippen molar-refractivity contribution in [3.63, 3.8) is 0 Å². The number of carbonyl (C=O) groups is 5. The minimum absolute atomic E-state index is 0.133. The van der Waals surface area contributed by atoms with Crippen molar-refractivity contribution < 1.29 is 33.4 Å². The minimum atomic E-state index is -0.804. The van der Waals surface area contributed by atoms with Crippen LogP contribution in [0, 0.1) is 11.8 Å². The van der Waals surface area contributed by atoms with Gasteiger partial charge in [0.25, 0.3) is 0 Å². The standard InChI is InChI=1S/C41H52N8O7/c1-23(2)33(46-39(53)55-6)36(51)48-18-8-10-32(48)35(50)43-28-15-16-29-27(20-28)21-30(44-29)25-11-13-26(14-12-25)31-22-42-38(45-31)41(5)17-9-19-49(41)37(52)34(24(3)4)47-40(54)56-7/h11-16,20-24,32-34,44H,8-10,17-19H2,1-7H3,(H,42,45)(H,43,50)(H,46,53)(H,47,54)/t32-,33-,34-,41-/m0/s1. The third kappa shape index (κ3) is 8.07. The van der Waals surface area contributed by atoms with Crippen molar-refractivity contribution >= 4 is 46.5 Å². The van der Waals surface area contributed by atoms with E-state index in [0.717, 1.165) is 46.3 Å². The highest BCUT2D eigenvalue weighted by Crippen LogP contribution is 2.39. The van der Waals surface area contributed by atoms with Crippen LogP contribution in [-0.2, 0) is 29.4 Å². The van der Waals surface area contributed by atoms with Gasteiger partial charge in [-0.25, -0.2) is 14.6 Å². The zero-order valence-corrected chi connectivity index (χ0v) is 33.0. The Bertz CT molecular complexity index is 2090. The topological polar surface area (TPSA) is 191 Å². The molecule has 6 rings (SSSR count). The number of H-pyrrole nitrogens is 2. The summed E-state index contributed by atoms with van der Waals surface area (Å²) in [5, 5.41) is 9.22. The number of hydrogen-bond acceptors (Lipinski definition) is 8. The van der Waals surface area contributed by atoms with Crippen molar-refractivity contribution in [3.05, 3.63) is 60.6 Å². The van der Waals surface area contributed by atoms with Gasteiger partial charge in [0.1, 0.15) is 23.9 Å². The highest BCUT2D eigenvalue weighted by molar-refractivity contribution is 6.00. The number of carbonyl (C=O) groups excluding carboxylic acids is 5. The fourth-order valence-electron chi connectivity index (χ4n) is 7.77. The van der Waals surface area contributed by atoms with E-state index in [1.807, 2.05) is 94.2 Å². The molecule has 0 unspecified atom stereocenters. The molecule has 2 saturated heterocycles. The fourth-order valence-corrected chi connectivity index (χ4v) is 7.77. The third-order valence-electron chi connectivity index (χ3n) is 11.0. The fraction of sp³-hybridized carbons (Fsp3) is 0.463. The molecule has 4 heterocycles. The molecule has 0 saturated carbocycles. The zero-order chi connectivity index (χ0) is 40.3. The van der Waals surface area contributed by atoms with E-state index in [-0.39, 0.29) is 29.6 Å². The van der Waals surface area contributed by atoms with E-state index in [9.17, 15) is 24.0 Å². The van der Waals surface area contributed by atoms with Crippen LogP contribution in [0.3, 0.4) is 0 Å². The number of fused-ring (bicyclic) bond motifs is 1. The number of methoxy groups -OCH3 is 2. The first-order chi connectivity index (χ1) is 26.7. The van der Waals surface area contributed by atoms with Gasteiger partial charge in [-0.1, -0.05) is 52.0 Å². The van der Waals surface area contributed by atoms with Gasteiger partial charge < -0.3 is 45.2 Å². The lowest BCUT2D eigenvalue weighted by molar-refractivity contribution is -0.139. The molecule has 2 aliphatic heterocycles. The van der Waals surface area contributed by atoms with Crippen LogP contribution < -0.4 is 16.0 Å². The number of aromatic amines is 2. The smallest absolute Gasteiger partial charge is 0.407 e. The molecule has 2 aromatic heterocycles. The largest absolute Gasteiger partial charge is 0.453 e. The van der Waals surface area contributed by atoms with Crippen molar-refractivity contribution in [2.45, 2.75) is 84.0 Å². The second-order valence-corrected chi connectivity index (χ2v) is 15.5. The molecule has 15 nitrogen and oxygen atoms in total. The van der Waals surface area contributed by atoms with Gasteiger partial charge in [0.15, 0.2) is 0 Å². The molecular weight excluding hydrogens is 716 g/mol. The third-order valence-corrected chi connectivity index (χ3v) is 11.0. The van der Waals surface area contributed by atoms with Crippen LogP contribution in [0.2, 0.25) is 0 Å². The number of ether oxygens (including phenoxy) is 2. The van der Waals surface area contributed by atoms with Crippen LogP contribution in [0.15, 0.2) is 54.7 Å². The van der Waals surface area contributed by atoms with Crippen LogP contribution in [0.5, 0.6) is 0 Å². The van der Waals surface area contributed by atoms with E-state index in [4.69, 9.17) is 14.5 Å². The van der Waals surface area contributed by atoms with Gasteiger partial charge in [0.2, 0.25) is 17.7 Å². The molecule has 5 amide bonds. The molecule has 5 N–H and O–H groups in total. The number of nitrogens with one attached hydrogen (secondary N) is 5. The monoisotopic (exact) mass is 768 g/mol. The quantitative estimate of drug-likeness (QED) is 0.127. The lowest BCUT2D eigenvalue weighted by Crippen LogP contribution is -2.55. The summed E-state index contributed by atoms with van der Waals surface area (Å²) in [6.07, 6.45) is 3.27. The van der Waals surface area contributed by atoms with Crippen LogP contribution in [0.1, 0.15) is 66.1 Å². The summed E-state index contributed by atoms with van der Waals surface area (Å²) < 4.78 is 9.48. The number of likely N-dealkylation sites (tertiary alicyclic amines) is 2. The first-order valence-electron chi connectivity index (χ1n) is 19.1. The number of imidazole rings is 1. The first-order valence-corrected chi connectivity index (χ1v) is 19.1. The Morgan fingerprint density at radius 3 is 2.12 bits per heavy atom. The first kappa shape index (κ1) is 39.8. The van der Waals surface area contributed by atoms with Crippen molar-refractivity contribution in [2.24, 2.45) is 11.8 Å². The minimum Gasteiger partial charge on any atom is -0.453 e. The van der Waals surface area contributed by atoms with Crippen LogP contribution in [0.25, 0.3) is 33.4 Å². The van der Waals surface area contributed by atoms with Gasteiger partial charge >= 0.3 is 12.2 Å². The number of hydrogen-bond donors (Lipinski definition) is 5. The van der Waals surface area contributed by atoms with Crippen molar-refractivity contribution in [1.82, 2.24) is 35.4 Å². The van der Waals surface area contributed by atoms with Gasteiger partial charge in [-0.05, 0) is 74.3 Å². The van der Waals surface area contributed by atoms with Gasteiger partial charge in [0, 0.05) is 47.1 Å². The summed E-state index contributed by atoms with van der Waals surface area (Å²) in [5.41, 5.74) is 4.36. The van der Waals surface area contributed by atoms with Crippen LogP contribution in [0.4, 0.5) is 15.3 Å². The average molecular weight is 769 g/mol. The summed E-state index contributed by atoms with van der Waals surface area (Å²) in [5.74, 6) is -0.390. The van der Waals surface area contributed by atoms with Gasteiger partial charge in [-0.3, -0.25) is 14.4 Å². The zero-order valence-electron chi connectivity index (χ0n) is 33.0. The Balaban J connectivity index is 1.13. The summed E-state index contributed by atoms with van der Waals surface area (Å²) >= 11 is 0. The Kier molecular flexibility index (Phi) is 11.7. The number of rotatable bonds is 11. The number of nitrogens with zero attached hydrogens (tertiary/aromatic N) is 3. The van der Waals surface area contributed by atoms with Gasteiger partial charge in [0.05, 0.1) is 25.5 Å². The van der Waals surface area contributed by atoms with E-state index >= 15 is 0 Å². The lowest BCUT2D eigenvalue weighted by Gasteiger charge is -2.37. The van der Waals surface area contributed by atoms with E-state index in [0.29, 0.717) is 37.4 Å². The lowest BCUT2D eigenvalue weighted by atomic mass is 9.95. The second kappa shape index (κ2) is 16.5. The van der Waals surface area contributed by atoms with Gasteiger partial charge in [-0.2, -0.15) is 0 Å². The summed E-state index contributed by atoms with van der Waals surface area (Å²) in [6.45, 7) is 10.4. The number of amides is 5. The molecule has 0 bridgehead atoms. The maximum absolute atomic E-state index is 13.7. The van der Waals surface area contributed by atoms with E-state index in [1.54, 1.807) is 4.90 Å². The number of alkyl carbamates (subject to hydrolysis) is 2. The normalized spacial score (nSPS) is 19.3. The Hall–Kier alpha value is -5.86. The number of benzene rings is 2. The Morgan fingerprint density at radius 2 is 1.48 bits per heavy atom. The number of anilines is 1. The molecule has 298 valence electrons. The molecule has 0 spiro atoms. The summed E-state index contributed by atoms with van der Waals surface area (Å²) in [6, 6.07) is 13.5. The van der Waals surface area contributed by atoms with Crippen molar-refractivity contribution in [1.29, 1.82) is 0 Å². The van der Waals surface area contributed by atoms with Crippen LogP contribution >= 0.6 is 0 Å². The Morgan fingerprint density at radius 1 is 0.839 bits per heavy atom. The molecule has 0 aliphatic carbocycles. The molecular formula is C41H52N8O7. The molecule has 2 fully saturated rings. The second-order valence-electron chi connectivity index (χ2n) is 15.5.